The molecule has 0 aliphatic heterocycles. The van der Waals surface area contributed by atoms with Crippen molar-refractivity contribution in [2.45, 2.75) is 13.5 Å². The van der Waals surface area contributed by atoms with Crippen LogP contribution < -0.4 is 5.32 Å². The van der Waals surface area contributed by atoms with Crippen LogP contribution in [0.5, 0.6) is 0 Å². The van der Waals surface area contributed by atoms with Crippen LogP contribution in [0.3, 0.4) is 0 Å². The van der Waals surface area contributed by atoms with Crippen LogP contribution in [0.25, 0.3) is 11.0 Å². The second kappa shape index (κ2) is 5.20. The van der Waals surface area contributed by atoms with Crippen molar-refractivity contribution in [1.29, 1.82) is 0 Å². The second-order valence-corrected chi connectivity index (χ2v) is 5.46. The van der Waals surface area contributed by atoms with Gasteiger partial charge in [0.15, 0.2) is 5.65 Å². The van der Waals surface area contributed by atoms with Crippen LogP contribution in [-0.2, 0) is 13.6 Å². The molecule has 3 aromatic rings. The van der Waals surface area contributed by atoms with Crippen molar-refractivity contribution in [2.75, 3.05) is 5.32 Å². The van der Waals surface area contributed by atoms with Gasteiger partial charge in [0.2, 0.25) is 0 Å². The summed E-state index contributed by atoms with van der Waals surface area (Å²) in [6.45, 7) is 2.71. The fourth-order valence-electron chi connectivity index (χ4n) is 2.13. The van der Waals surface area contributed by atoms with Gasteiger partial charge in [0.1, 0.15) is 4.60 Å². The normalized spacial score (nSPS) is 10.9. The predicted molar refractivity (Wildman–Crippen MR) is 82.5 cm³/mol. The molecule has 1 N–H and O–H groups in total. The van der Waals surface area contributed by atoms with Crippen LogP contribution in [0.4, 0.5) is 5.69 Å². The third-order valence-corrected chi connectivity index (χ3v) is 3.61. The van der Waals surface area contributed by atoms with Gasteiger partial charge in [-0.05, 0) is 46.6 Å². The maximum absolute atomic E-state index is 4.47. The number of hydrogen-bond donors (Lipinski definition) is 1. The average molecular weight is 332 g/mol. The summed E-state index contributed by atoms with van der Waals surface area (Å²) in [5.41, 5.74) is 4.02. The smallest absolute Gasteiger partial charge is 0.157 e. The van der Waals surface area contributed by atoms with Gasteiger partial charge in [-0.25, -0.2) is 9.97 Å². The summed E-state index contributed by atoms with van der Waals surface area (Å²) in [4.78, 5) is 8.65. The van der Waals surface area contributed by atoms with Crippen molar-refractivity contribution in [3.05, 3.63) is 46.5 Å². The van der Waals surface area contributed by atoms with Gasteiger partial charge in [-0.1, -0.05) is 0 Å². The Morgan fingerprint density at radius 1 is 1.25 bits per heavy atom. The molecule has 5 nitrogen and oxygen atoms in total. The van der Waals surface area contributed by atoms with E-state index in [1.54, 1.807) is 10.9 Å². The highest BCUT2D eigenvalue weighted by atomic mass is 79.9. The number of nitrogens with one attached hydrogen (secondary N) is 1. The first-order valence-corrected chi connectivity index (χ1v) is 7.06. The molecule has 3 aromatic heterocycles. The zero-order valence-corrected chi connectivity index (χ0v) is 12.8. The Hall–Kier alpha value is -1.95. The van der Waals surface area contributed by atoms with Crippen LogP contribution in [0.1, 0.15) is 11.3 Å². The number of pyridine rings is 2. The van der Waals surface area contributed by atoms with E-state index in [0.717, 1.165) is 32.6 Å². The zero-order valence-electron chi connectivity index (χ0n) is 11.3. The molecule has 0 atom stereocenters. The highest BCUT2D eigenvalue weighted by Crippen LogP contribution is 2.17. The van der Waals surface area contributed by atoms with E-state index in [1.807, 2.05) is 32.3 Å². The summed E-state index contributed by atoms with van der Waals surface area (Å²) in [5.74, 6) is 0. The van der Waals surface area contributed by atoms with E-state index in [4.69, 9.17) is 0 Å². The predicted octanol–water partition coefficient (Wildman–Crippen LogP) is 3.05. The van der Waals surface area contributed by atoms with Crippen molar-refractivity contribution in [3.8, 4) is 0 Å². The van der Waals surface area contributed by atoms with E-state index in [9.17, 15) is 0 Å². The number of aromatic nitrogens is 4. The summed E-state index contributed by atoms with van der Waals surface area (Å²) in [6.07, 6.45) is 3.67. The van der Waals surface area contributed by atoms with Gasteiger partial charge < -0.3 is 5.32 Å². The number of hydrogen-bond acceptors (Lipinski definition) is 4. The van der Waals surface area contributed by atoms with Gasteiger partial charge in [0, 0.05) is 25.2 Å². The van der Waals surface area contributed by atoms with E-state index in [-0.39, 0.29) is 0 Å². The van der Waals surface area contributed by atoms with E-state index >= 15 is 0 Å². The van der Waals surface area contributed by atoms with Crippen molar-refractivity contribution < 1.29 is 0 Å². The minimum Gasteiger partial charge on any atom is -0.380 e. The van der Waals surface area contributed by atoms with Crippen LogP contribution in [0.15, 0.2) is 35.2 Å². The van der Waals surface area contributed by atoms with E-state index in [0.29, 0.717) is 6.54 Å². The monoisotopic (exact) mass is 331 g/mol. The highest BCUT2D eigenvalue weighted by Gasteiger charge is 2.06. The molecule has 0 aliphatic carbocycles. The van der Waals surface area contributed by atoms with E-state index in [2.05, 4.69) is 42.4 Å². The molecule has 0 radical (unpaired) electrons. The standard InChI is InChI=1S/C14H14BrN5/c1-9-12-5-10(7-18-14(12)20(2)19-9)6-16-11-3-4-13(15)17-8-11/h3-5,7-8,16H,6H2,1-2H3. The summed E-state index contributed by atoms with van der Waals surface area (Å²) in [5, 5.41) is 8.80. The zero-order chi connectivity index (χ0) is 14.1. The molecule has 0 aromatic carbocycles. The average Bonchev–Trinajstić information content (AvgIpc) is 2.73. The molecule has 0 saturated heterocycles. The van der Waals surface area contributed by atoms with E-state index < -0.39 is 0 Å². The Bertz CT molecular complexity index is 748. The molecule has 0 spiro atoms. The lowest BCUT2D eigenvalue weighted by Crippen LogP contribution is -2.00. The third-order valence-electron chi connectivity index (χ3n) is 3.14. The molecule has 0 saturated carbocycles. The first-order chi connectivity index (χ1) is 9.63. The maximum atomic E-state index is 4.47. The second-order valence-electron chi connectivity index (χ2n) is 4.65. The van der Waals surface area contributed by atoms with Crippen molar-refractivity contribution in [3.63, 3.8) is 0 Å². The Morgan fingerprint density at radius 2 is 2.10 bits per heavy atom. The summed E-state index contributed by atoms with van der Waals surface area (Å²) in [6, 6.07) is 6.03. The number of rotatable bonds is 3. The molecule has 0 unspecified atom stereocenters. The molecule has 3 heterocycles. The molecular weight excluding hydrogens is 318 g/mol. The van der Waals surface area contributed by atoms with Gasteiger partial charge in [0.05, 0.1) is 17.6 Å². The minimum absolute atomic E-state index is 0.709. The Labute approximate surface area is 125 Å². The Morgan fingerprint density at radius 3 is 2.85 bits per heavy atom. The quantitative estimate of drug-likeness (QED) is 0.749. The van der Waals surface area contributed by atoms with Crippen LogP contribution in [-0.4, -0.2) is 19.7 Å². The SMILES string of the molecule is Cc1nn(C)c2ncc(CNc3ccc(Br)nc3)cc12. The molecule has 20 heavy (non-hydrogen) atoms. The molecule has 0 bridgehead atoms. The van der Waals surface area contributed by atoms with Crippen LogP contribution >= 0.6 is 15.9 Å². The van der Waals surface area contributed by atoms with Crippen molar-refractivity contribution in [1.82, 2.24) is 19.7 Å². The summed E-state index contributed by atoms with van der Waals surface area (Å²) in [7, 11) is 1.91. The lowest BCUT2D eigenvalue weighted by molar-refractivity contribution is 0.773. The Balaban J connectivity index is 1.80. The third kappa shape index (κ3) is 2.51. The van der Waals surface area contributed by atoms with Crippen molar-refractivity contribution in [2.24, 2.45) is 7.05 Å². The maximum Gasteiger partial charge on any atom is 0.157 e. The molecule has 102 valence electrons. The molecule has 0 amide bonds. The van der Waals surface area contributed by atoms with Crippen LogP contribution in [0.2, 0.25) is 0 Å². The minimum atomic E-state index is 0.709. The first-order valence-electron chi connectivity index (χ1n) is 6.27. The highest BCUT2D eigenvalue weighted by molar-refractivity contribution is 9.10. The summed E-state index contributed by atoms with van der Waals surface area (Å²) >= 11 is 3.32. The molecule has 0 fully saturated rings. The topological polar surface area (TPSA) is 55.6 Å². The molecular formula is C14H14BrN5. The van der Waals surface area contributed by atoms with E-state index in [1.165, 1.54) is 0 Å². The van der Waals surface area contributed by atoms with Crippen LogP contribution in [0, 0.1) is 6.92 Å². The van der Waals surface area contributed by atoms with Crippen molar-refractivity contribution >= 4 is 32.7 Å². The van der Waals surface area contributed by atoms with Gasteiger partial charge >= 0.3 is 0 Å². The fourth-order valence-corrected chi connectivity index (χ4v) is 2.37. The lowest BCUT2D eigenvalue weighted by atomic mass is 10.2. The molecule has 0 aliphatic rings. The largest absolute Gasteiger partial charge is 0.380 e. The number of fused-ring (bicyclic) bond motifs is 1. The van der Waals surface area contributed by atoms with Gasteiger partial charge in [-0.15, -0.1) is 0 Å². The number of halogens is 1. The van der Waals surface area contributed by atoms with Gasteiger partial charge in [-0.2, -0.15) is 5.10 Å². The summed E-state index contributed by atoms with van der Waals surface area (Å²) < 4.78 is 2.64. The number of nitrogens with zero attached hydrogens (tertiary/aromatic N) is 4. The fraction of sp³-hybridized carbons (Fsp3) is 0.214. The number of anilines is 1. The lowest BCUT2D eigenvalue weighted by Gasteiger charge is -2.06. The molecule has 3 rings (SSSR count). The Kier molecular flexibility index (Phi) is 3.40. The molecule has 6 heteroatoms. The van der Waals surface area contributed by atoms with Gasteiger partial charge in [-0.3, -0.25) is 4.68 Å². The van der Waals surface area contributed by atoms with Gasteiger partial charge in [0.25, 0.3) is 0 Å². The number of aryl methyl sites for hydroxylation is 2. The first kappa shape index (κ1) is 13.1.